The number of carboxylic acid groups (broad SMARTS) is 1. The molecule has 0 saturated heterocycles. The molecule has 4 rings (SSSR count). The third-order valence-electron chi connectivity index (χ3n) is 4.52. The van der Waals surface area contributed by atoms with Crippen LogP contribution in [0.5, 0.6) is 0 Å². The predicted molar refractivity (Wildman–Crippen MR) is 126 cm³/mol. The summed E-state index contributed by atoms with van der Waals surface area (Å²) in [5.41, 5.74) is 4.30. The maximum atomic E-state index is 13.2. The van der Waals surface area contributed by atoms with Crippen LogP contribution in [-0.4, -0.2) is 46.3 Å². The lowest BCUT2D eigenvalue weighted by Crippen LogP contribution is -2.15. The first-order chi connectivity index (χ1) is 16.4. The summed E-state index contributed by atoms with van der Waals surface area (Å²) < 4.78 is 18.9. The normalized spacial score (nSPS) is 10.9. The van der Waals surface area contributed by atoms with Gasteiger partial charge in [0.2, 0.25) is 17.8 Å². The molecule has 0 radical (unpaired) electrons. The van der Waals surface area contributed by atoms with E-state index in [0.717, 1.165) is 5.56 Å². The topological polar surface area (TPSA) is 129 Å². The van der Waals surface area contributed by atoms with E-state index < -0.39 is 5.97 Å². The summed E-state index contributed by atoms with van der Waals surface area (Å²) >= 11 is 0. The Kier molecular flexibility index (Phi) is 6.44. The largest absolute Gasteiger partial charge is 0.478 e. The zero-order valence-corrected chi connectivity index (χ0v) is 18.2. The quantitative estimate of drug-likeness (QED) is 0.261. The van der Waals surface area contributed by atoms with E-state index >= 15 is 0 Å². The molecule has 0 aliphatic rings. The van der Waals surface area contributed by atoms with E-state index in [1.165, 1.54) is 30.5 Å². The summed E-state index contributed by atoms with van der Waals surface area (Å²) in [5.74, 6) is 0.545. The van der Waals surface area contributed by atoms with Crippen molar-refractivity contribution in [3.63, 3.8) is 0 Å². The SMILES string of the molecule is CN(C)c1nc(N/N=C\c2ccc(-c3ccc(C(=O)O)cc3)o2)nc(Nc2ccc(F)cc2)n1. The van der Waals surface area contributed by atoms with E-state index in [-0.39, 0.29) is 23.3 Å². The van der Waals surface area contributed by atoms with E-state index in [1.807, 2.05) is 0 Å². The number of hydrogen-bond acceptors (Lipinski definition) is 9. The minimum atomic E-state index is -0.989. The average Bonchev–Trinajstić information content (AvgIpc) is 3.29. The number of benzene rings is 2. The van der Waals surface area contributed by atoms with Gasteiger partial charge >= 0.3 is 5.97 Å². The van der Waals surface area contributed by atoms with Crippen LogP contribution in [0.2, 0.25) is 0 Å². The molecule has 0 saturated carbocycles. The number of hydrogen-bond donors (Lipinski definition) is 3. The second-order valence-corrected chi connectivity index (χ2v) is 7.26. The number of anilines is 4. The van der Waals surface area contributed by atoms with Crippen molar-refractivity contribution in [2.45, 2.75) is 0 Å². The van der Waals surface area contributed by atoms with E-state index in [9.17, 15) is 9.18 Å². The Morgan fingerprint density at radius 1 is 1.00 bits per heavy atom. The van der Waals surface area contributed by atoms with Gasteiger partial charge in [-0.2, -0.15) is 20.1 Å². The summed E-state index contributed by atoms with van der Waals surface area (Å²) in [4.78, 5) is 25.6. The first kappa shape index (κ1) is 22.4. The number of aromatic nitrogens is 3. The summed E-state index contributed by atoms with van der Waals surface area (Å²) in [5, 5.41) is 16.1. The highest BCUT2D eigenvalue weighted by atomic mass is 19.1. The lowest BCUT2D eigenvalue weighted by atomic mass is 10.1. The summed E-state index contributed by atoms with van der Waals surface area (Å²) in [6.45, 7) is 0. The highest BCUT2D eigenvalue weighted by Gasteiger charge is 2.09. The molecule has 4 aromatic rings. The molecule has 3 N–H and O–H groups in total. The van der Waals surface area contributed by atoms with E-state index in [0.29, 0.717) is 23.2 Å². The molecule has 2 aromatic carbocycles. The number of aromatic carboxylic acids is 1. The fourth-order valence-corrected chi connectivity index (χ4v) is 2.84. The van der Waals surface area contributed by atoms with E-state index in [2.05, 4.69) is 30.8 Å². The van der Waals surface area contributed by atoms with Gasteiger partial charge in [-0.05, 0) is 48.5 Å². The van der Waals surface area contributed by atoms with Crippen molar-refractivity contribution < 1.29 is 18.7 Å². The molecular weight excluding hydrogens is 441 g/mol. The van der Waals surface area contributed by atoms with Crippen LogP contribution in [0.25, 0.3) is 11.3 Å². The van der Waals surface area contributed by atoms with Crippen LogP contribution in [0.4, 0.5) is 27.9 Å². The Labute approximate surface area is 193 Å². The molecule has 2 heterocycles. The Balaban J connectivity index is 1.47. The molecule has 2 aromatic heterocycles. The smallest absolute Gasteiger partial charge is 0.335 e. The van der Waals surface area contributed by atoms with Crippen molar-refractivity contribution in [2.75, 3.05) is 29.7 Å². The van der Waals surface area contributed by atoms with Crippen molar-refractivity contribution in [3.05, 3.63) is 77.8 Å². The van der Waals surface area contributed by atoms with Crippen LogP contribution in [0.3, 0.4) is 0 Å². The Morgan fingerprint density at radius 2 is 1.71 bits per heavy atom. The Hall–Kier alpha value is -4.80. The zero-order valence-electron chi connectivity index (χ0n) is 18.2. The minimum absolute atomic E-state index is 0.190. The fraction of sp³-hybridized carbons (Fsp3) is 0.0870. The number of furan rings is 1. The molecule has 0 atom stereocenters. The van der Waals surface area contributed by atoms with Crippen molar-refractivity contribution >= 4 is 35.7 Å². The van der Waals surface area contributed by atoms with Gasteiger partial charge in [0.15, 0.2) is 0 Å². The van der Waals surface area contributed by atoms with Gasteiger partial charge in [0.1, 0.15) is 17.3 Å². The lowest BCUT2D eigenvalue weighted by Gasteiger charge is -2.13. The number of nitrogens with zero attached hydrogens (tertiary/aromatic N) is 5. The maximum absolute atomic E-state index is 13.2. The van der Waals surface area contributed by atoms with Gasteiger partial charge in [0.25, 0.3) is 0 Å². The number of nitrogens with one attached hydrogen (secondary N) is 2. The molecule has 34 heavy (non-hydrogen) atoms. The van der Waals surface area contributed by atoms with Gasteiger partial charge < -0.3 is 19.7 Å². The molecule has 0 amide bonds. The first-order valence-corrected chi connectivity index (χ1v) is 10.1. The summed E-state index contributed by atoms with van der Waals surface area (Å²) in [6, 6.07) is 15.7. The van der Waals surface area contributed by atoms with Gasteiger partial charge in [-0.25, -0.2) is 14.6 Å². The lowest BCUT2D eigenvalue weighted by molar-refractivity contribution is 0.0697. The van der Waals surface area contributed by atoms with E-state index in [4.69, 9.17) is 9.52 Å². The number of carbonyl (C=O) groups is 1. The highest BCUT2D eigenvalue weighted by molar-refractivity contribution is 5.88. The Morgan fingerprint density at radius 3 is 2.38 bits per heavy atom. The van der Waals surface area contributed by atoms with Gasteiger partial charge in [-0.3, -0.25) is 0 Å². The first-order valence-electron chi connectivity index (χ1n) is 10.1. The molecule has 11 heteroatoms. The molecular formula is C23H20FN7O3. The number of halogens is 1. The van der Waals surface area contributed by atoms with Crippen LogP contribution in [-0.2, 0) is 0 Å². The van der Waals surface area contributed by atoms with Crippen LogP contribution < -0.4 is 15.6 Å². The number of hydrazone groups is 1. The molecule has 0 aliphatic carbocycles. The standard InChI is InChI=1S/C23H20FN7O3/c1-31(2)23-28-21(26-17-9-7-16(24)8-10-17)27-22(29-23)30-25-13-18-11-12-19(34-18)14-3-5-15(6-4-14)20(32)33/h3-13H,1-2H3,(H,32,33)(H2,26,27,28,29,30)/b25-13-. The molecule has 0 spiro atoms. The van der Waals surface area contributed by atoms with Gasteiger partial charge in [-0.1, -0.05) is 12.1 Å². The molecule has 10 nitrogen and oxygen atoms in total. The summed E-state index contributed by atoms with van der Waals surface area (Å²) in [6.07, 6.45) is 1.46. The van der Waals surface area contributed by atoms with Crippen molar-refractivity contribution in [1.82, 2.24) is 15.0 Å². The second kappa shape index (κ2) is 9.77. The summed E-state index contributed by atoms with van der Waals surface area (Å²) in [7, 11) is 3.58. The fourth-order valence-electron chi connectivity index (χ4n) is 2.84. The van der Waals surface area contributed by atoms with Crippen LogP contribution >= 0.6 is 0 Å². The number of rotatable bonds is 8. The average molecular weight is 461 g/mol. The predicted octanol–water partition coefficient (Wildman–Crippen LogP) is 4.22. The Bertz CT molecular complexity index is 1320. The highest BCUT2D eigenvalue weighted by Crippen LogP contribution is 2.22. The van der Waals surface area contributed by atoms with Crippen molar-refractivity contribution in [2.24, 2.45) is 5.10 Å². The van der Waals surface area contributed by atoms with Crippen molar-refractivity contribution in [3.8, 4) is 11.3 Å². The zero-order chi connectivity index (χ0) is 24.1. The second-order valence-electron chi connectivity index (χ2n) is 7.26. The van der Waals surface area contributed by atoms with E-state index in [1.54, 1.807) is 55.4 Å². The molecule has 0 fully saturated rings. The maximum Gasteiger partial charge on any atom is 0.335 e. The van der Waals surface area contributed by atoms with Crippen LogP contribution in [0.15, 0.2) is 70.2 Å². The van der Waals surface area contributed by atoms with Gasteiger partial charge in [-0.15, -0.1) is 0 Å². The minimum Gasteiger partial charge on any atom is -0.478 e. The number of carboxylic acids is 1. The van der Waals surface area contributed by atoms with Gasteiger partial charge in [0, 0.05) is 25.3 Å². The monoisotopic (exact) mass is 461 g/mol. The molecule has 0 bridgehead atoms. The third-order valence-corrected chi connectivity index (χ3v) is 4.52. The molecule has 0 unspecified atom stereocenters. The van der Waals surface area contributed by atoms with Crippen LogP contribution in [0, 0.1) is 5.82 Å². The van der Waals surface area contributed by atoms with Crippen molar-refractivity contribution in [1.29, 1.82) is 0 Å². The third kappa shape index (κ3) is 5.51. The van der Waals surface area contributed by atoms with Crippen LogP contribution in [0.1, 0.15) is 16.1 Å². The molecule has 0 aliphatic heterocycles. The van der Waals surface area contributed by atoms with Gasteiger partial charge in [0.05, 0.1) is 11.8 Å². The molecule has 172 valence electrons.